The molecule has 0 unspecified atom stereocenters. The second-order valence-corrected chi connectivity index (χ2v) is 11.5. The molecule has 1 atom stereocenters. The molecule has 4 aromatic rings. The van der Waals surface area contributed by atoms with Gasteiger partial charge in [0, 0.05) is 11.2 Å². The minimum Gasteiger partial charge on any atom is -0.490 e. The third-order valence-corrected chi connectivity index (χ3v) is 8.31. The number of hydrogen-bond donors (Lipinski definition) is 0. The summed E-state index contributed by atoms with van der Waals surface area (Å²) in [7, 11) is 1.30. The van der Waals surface area contributed by atoms with Crippen LogP contribution in [0.25, 0.3) is 6.08 Å². The lowest BCUT2D eigenvalue weighted by Gasteiger charge is -2.23. The minimum absolute atomic E-state index is 0.235. The lowest BCUT2D eigenvalue weighted by Crippen LogP contribution is -2.39. The summed E-state index contributed by atoms with van der Waals surface area (Å²) in [5.41, 5.74) is 3.37. The molecule has 3 aromatic carbocycles. The van der Waals surface area contributed by atoms with Gasteiger partial charge in [-0.05, 0) is 85.0 Å². The van der Waals surface area contributed by atoms with Crippen molar-refractivity contribution >= 4 is 35.0 Å². The van der Waals surface area contributed by atoms with Crippen molar-refractivity contribution in [3.63, 3.8) is 0 Å². The molecule has 0 saturated carbocycles. The van der Waals surface area contributed by atoms with Crippen LogP contribution >= 0.6 is 22.9 Å². The van der Waals surface area contributed by atoms with Crippen molar-refractivity contribution in [2.75, 3.05) is 20.3 Å². The molecule has 1 aromatic heterocycles. The summed E-state index contributed by atoms with van der Waals surface area (Å²) in [5, 5.41) is 0.670. The number of aromatic nitrogens is 1. The van der Waals surface area contributed by atoms with E-state index in [9.17, 15) is 9.59 Å². The highest BCUT2D eigenvalue weighted by Gasteiger charge is 2.31. The van der Waals surface area contributed by atoms with E-state index in [0.29, 0.717) is 57.7 Å². The third-order valence-electron chi connectivity index (χ3n) is 7.06. The Balaban J connectivity index is 1.54. The first-order valence-corrected chi connectivity index (χ1v) is 15.7. The van der Waals surface area contributed by atoms with Gasteiger partial charge < -0.3 is 18.9 Å². The van der Waals surface area contributed by atoms with Gasteiger partial charge in [0.25, 0.3) is 5.56 Å². The van der Waals surface area contributed by atoms with Crippen LogP contribution in [0.2, 0.25) is 5.02 Å². The van der Waals surface area contributed by atoms with Gasteiger partial charge in [-0.15, -0.1) is 6.58 Å². The van der Waals surface area contributed by atoms with E-state index in [4.69, 9.17) is 30.5 Å². The topological polar surface area (TPSA) is 88.4 Å². The van der Waals surface area contributed by atoms with Crippen molar-refractivity contribution in [3.05, 3.63) is 132 Å². The molecule has 0 fully saturated rings. The summed E-state index contributed by atoms with van der Waals surface area (Å²) in [6.45, 7) is 8.93. The number of carbonyl (C=O) groups excluding carboxylic acids is 1. The van der Waals surface area contributed by atoms with E-state index >= 15 is 0 Å². The maximum Gasteiger partial charge on any atom is 0.337 e. The first kappa shape index (κ1) is 31.8. The van der Waals surface area contributed by atoms with E-state index < -0.39 is 12.0 Å². The van der Waals surface area contributed by atoms with Crippen molar-refractivity contribution in [2.45, 2.75) is 32.9 Å². The van der Waals surface area contributed by atoms with Gasteiger partial charge in [-0.25, -0.2) is 9.79 Å². The van der Waals surface area contributed by atoms with Gasteiger partial charge in [-0.1, -0.05) is 53.3 Å². The van der Waals surface area contributed by atoms with Crippen LogP contribution in [0.15, 0.2) is 94.9 Å². The molecule has 1 aliphatic heterocycles. The SMILES string of the molecule is C=CCc1cc(/C=c2\sc3n(c2=O)[C@@H](c2ccc(OCC)c(OCC)c2)C(C(=O)OC)=CN=3)ccc1OCc1ccc(Cl)cc1. The molecule has 0 spiro atoms. The number of fused-ring (bicyclic) bond motifs is 1. The first-order valence-electron chi connectivity index (χ1n) is 14.5. The van der Waals surface area contributed by atoms with E-state index in [2.05, 4.69) is 11.6 Å². The second-order valence-electron chi connectivity index (χ2n) is 10.0. The molecule has 10 heteroatoms. The van der Waals surface area contributed by atoms with E-state index in [0.717, 1.165) is 22.4 Å². The fourth-order valence-corrected chi connectivity index (χ4v) is 6.12. The summed E-state index contributed by atoms with van der Waals surface area (Å²) in [5.74, 6) is 1.25. The summed E-state index contributed by atoms with van der Waals surface area (Å²) in [6, 6.07) is 17.9. The van der Waals surface area contributed by atoms with Crippen LogP contribution in [-0.4, -0.2) is 30.9 Å². The van der Waals surface area contributed by atoms with Gasteiger partial charge in [0.2, 0.25) is 0 Å². The molecule has 1 aliphatic rings. The maximum absolute atomic E-state index is 14.0. The normalized spacial score (nSPS) is 14.2. The van der Waals surface area contributed by atoms with Crippen LogP contribution in [0.5, 0.6) is 17.2 Å². The number of hydrogen-bond acceptors (Lipinski definition) is 8. The molecule has 8 nitrogen and oxygen atoms in total. The molecule has 2 heterocycles. The Hall–Kier alpha value is -4.60. The predicted octanol–water partition coefficient (Wildman–Crippen LogP) is 5.78. The fourth-order valence-electron chi connectivity index (χ4n) is 5.03. The quantitative estimate of drug-likeness (QED) is 0.144. The number of thiazole rings is 1. The number of carbonyl (C=O) groups is 1. The Kier molecular flexibility index (Phi) is 10.2. The largest absolute Gasteiger partial charge is 0.490 e. The summed E-state index contributed by atoms with van der Waals surface area (Å²) in [4.78, 5) is 31.8. The van der Waals surface area contributed by atoms with Crippen LogP contribution in [0.4, 0.5) is 0 Å². The average molecular weight is 645 g/mol. The molecule has 0 amide bonds. The highest BCUT2D eigenvalue weighted by atomic mass is 35.5. The molecule has 0 aliphatic carbocycles. The zero-order valence-electron chi connectivity index (χ0n) is 25.2. The Morgan fingerprint density at radius 3 is 2.44 bits per heavy atom. The number of esters is 1. The predicted molar refractivity (Wildman–Crippen MR) is 176 cm³/mol. The van der Waals surface area contributed by atoms with Gasteiger partial charge in [0.05, 0.1) is 36.5 Å². The molecule has 45 heavy (non-hydrogen) atoms. The summed E-state index contributed by atoms with van der Waals surface area (Å²) in [6.07, 6.45) is 5.69. The fraction of sp³-hybridized carbons (Fsp3) is 0.229. The third kappa shape index (κ3) is 7.05. The summed E-state index contributed by atoms with van der Waals surface area (Å²) >= 11 is 7.25. The Morgan fingerprint density at radius 1 is 1.00 bits per heavy atom. The van der Waals surface area contributed by atoms with Crippen LogP contribution in [0.3, 0.4) is 0 Å². The monoisotopic (exact) mass is 644 g/mol. The van der Waals surface area contributed by atoms with Crippen LogP contribution in [-0.2, 0) is 22.6 Å². The average Bonchev–Trinajstić information content (AvgIpc) is 3.36. The number of ether oxygens (including phenoxy) is 4. The highest BCUT2D eigenvalue weighted by Crippen LogP contribution is 2.35. The molecule has 0 saturated heterocycles. The van der Waals surface area contributed by atoms with Gasteiger partial charge >= 0.3 is 5.97 Å². The lowest BCUT2D eigenvalue weighted by atomic mass is 9.97. The van der Waals surface area contributed by atoms with E-state index in [1.165, 1.54) is 29.2 Å². The van der Waals surface area contributed by atoms with Crippen LogP contribution < -0.4 is 29.1 Å². The molecule has 0 N–H and O–H groups in total. The number of halogens is 1. The number of allylic oxidation sites excluding steroid dienone is 1. The van der Waals surface area contributed by atoms with Crippen LogP contribution in [0, 0.1) is 0 Å². The highest BCUT2D eigenvalue weighted by molar-refractivity contribution is 7.07. The molecule has 232 valence electrons. The number of benzene rings is 3. The molecular weight excluding hydrogens is 612 g/mol. The van der Waals surface area contributed by atoms with Crippen LogP contribution in [0.1, 0.15) is 42.1 Å². The molecule has 5 rings (SSSR count). The molecular formula is C35H33ClN2O6S. The van der Waals surface area contributed by atoms with Crippen molar-refractivity contribution in [1.82, 2.24) is 4.57 Å². The minimum atomic E-state index is -0.772. The molecule has 0 radical (unpaired) electrons. The smallest absolute Gasteiger partial charge is 0.337 e. The maximum atomic E-state index is 14.0. The standard InChI is InChI=1S/C35H33ClN2O6S/c1-5-8-24-17-23(11-15-28(24)44-21-22-9-13-26(36)14-10-22)18-31-33(39)38-32(27(34(40)41-4)20-37-35(38)45-31)25-12-16-29(42-6-2)30(19-25)43-7-3/h5,9-20,32H,1,6-8,21H2,2-4H3/b31-18-/t32-/m0/s1. The van der Waals surface area contributed by atoms with Gasteiger partial charge in [0.1, 0.15) is 12.4 Å². The van der Waals surface area contributed by atoms with Gasteiger partial charge in [-0.2, -0.15) is 0 Å². The Labute approximate surface area is 270 Å². The number of methoxy groups -OCH3 is 1. The summed E-state index contributed by atoms with van der Waals surface area (Å²) < 4.78 is 24.7. The van der Waals surface area contributed by atoms with Crippen molar-refractivity contribution < 1.29 is 23.7 Å². The number of rotatable bonds is 12. The number of nitrogens with zero attached hydrogens (tertiary/aromatic N) is 2. The van der Waals surface area contributed by atoms with E-state index in [1.807, 2.05) is 74.5 Å². The van der Waals surface area contributed by atoms with Gasteiger partial charge in [-0.3, -0.25) is 9.36 Å². The van der Waals surface area contributed by atoms with Crippen molar-refractivity contribution in [3.8, 4) is 17.2 Å². The van der Waals surface area contributed by atoms with E-state index in [-0.39, 0.29) is 11.1 Å². The second kappa shape index (κ2) is 14.5. The molecule has 0 bridgehead atoms. The van der Waals surface area contributed by atoms with Gasteiger partial charge in [0.15, 0.2) is 16.3 Å². The zero-order valence-corrected chi connectivity index (χ0v) is 26.8. The van der Waals surface area contributed by atoms with Crippen molar-refractivity contribution in [1.29, 1.82) is 0 Å². The van der Waals surface area contributed by atoms with Crippen molar-refractivity contribution in [2.24, 2.45) is 4.99 Å². The Morgan fingerprint density at radius 2 is 1.73 bits per heavy atom. The first-order chi connectivity index (χ1) is 21.9. The van der Waals surface area contributed by atoms with E-state index in [1.54, 1.807) is 12.1 Å². The lowest BCUT2D eigenvalue weighted by molar-refractivity contribution is -0.136. The zero-order chi connectivity index (χ0) is 31.9. The Bertz CT molecular complexity index is 1930.